The van der Waals surface area contributed by atoms with Gasteiger partial charge < -0.3 is 10.6 Å². The van der Waals surface area contributed by atoms with Crippen LogP contribution in [-0.2, 0) is 20.6 Å². The molecule has 1 saturated heterocycles. The van der Waals surface area contributed by atoms with E-state index in [2.05, 4.69) is 10.6 Å². The van der Waals surface area contributed by atoms with Crippen molar-refractivity contribution in [1.82, 2.24) is 9.62 Å². The molecular weight excluding hydrogens is 545 g/mol. The van der Waals surface area contributed by atoms with Crippen LogP contribution in [0.2, 0.25) is 10.0 Å². The van der Waals surface area contributed by atoms with Crippen LogP contribution in [0, 0.1) is 5.92 Å². The van der Waals surface area contributed by atoms with Gasteiger partial charge in [0.25, 0.3) is 5.91 Å². The summed E-state index contributed by atoms with van der Waals surface area (Å²) >= 11 is 12.0. The highest BCUT2D eigenvalue weighted by Crippen LogP contribution is 2.27. The van der Waals surface area contributed by atoms with Crippen molar-refractivity contribution >= 4 is 50.7 Å². The second-order valence-electron chi connectivity index (χ2n) is 9.34. The number of sulfonamides is 1. The van der Waals surface area contributed by atoms with Crippen molar-refractivity contribution < 1.29 is 18.0 Å². The van der Waals surface area contributed by atoms with Crippen LogP contribution in [0.3, 0.4) is 0 Å². The van der Waals surface area contributed by atoms with E-state index in [0.717, 1.165) is 5.56 Å². The lowest BCUT2D eigenvalue weighted by molar-refractivity contribution is -0.120. The number of amides is 2. The van der Waals surface area contributed by atoms with E-state index in [1.54, 1.807) is 36.4 Å². The number of para-hydroxylation sites is 1. The molecule has 3 aromatic carbocycles. The molecule has 2 unspecified atom stereocenters. The number of benzene rings is 3. The van der Waals surface area contributed by atoms with Crippen LogP contribution in [-0.4, -0.2) is 37.6 Å². The average Bonchev–Trinajstić information content (AvgIpc) is 2.91. The Bertz CT molecular complexity index is 1420. The van der Waals surface area contributed by atoms with Crippen LogP contribution >= 0.6 is 23.2 Å². The van der Waals surface area contributed by atoms with Crippen LogP contribution in [0.5, 0.6) is 0 Å². The number of halogens is 2. The van der Waals surface area contributed by atoms with E-state index in [9.17, 15) is 18.0 Å². The number of nitrogens with zero attached hydrogens (tertiary/aromatic N) is 1. The van der Waals surface area contributed by atoms with E-state index in [4.69, 9.17) is 23.2 Å². The Kier molecular flexibility index (Phi) is 9.10. The van der Waals surface area contributed by atoms with Crippen molar-refractivity contribution in [3.63, 3.8) is 0 Å². The Labute approximate surface area is 233 Å². The minimum Gasteiger partial charge on any atom is -0.345 e. The van der Waals surface area contributed by atoms with E-state index < -0.39 is 15.9 Å². The standard InChI is InChI=1S/C28H29Cl2N3O4S/c1-19(21-8-3-2-4-9-21)31-28(35)23-11-5-6-12-26(23)32-27(34)22-10-7-15-33(17-22)38(36,37)18-20-13-14-24(29)25(30)16-20/h2-6,8-9,11-14,16,19,22H,7,10,15,17-18H2,1H3,(H,31,35)(H,32,34). The van der Waals surface area contributed by atoms with Crippen molar-refractivity contribution in [2.75, 3.05) is 18.4 Å². The second-order valence-corrected chi connectivity index (χ2v) is 12.1. The van der Waals surface area contributed by atoms with Crippen LogP contribution < -0.4 is 10.6 Å². The van der Waals surface area contributed by atoms with E-state index >= 15 is 0 Å². The molecule has 1 fully saturated rings. The Morgan fingerprint density at radius 3 is 2.45 bits per heavy atom. The predicted molar refractivity (Wildman–Crippen MR) is 151 cm³/mol. The van der Waals surface area contributed by atoms with E-state index in [-0.39, 0.29) is 35.2 Å². The van der Waals surface area contributed by atoms with Gasteiger partial charge in [-0.25, -0.2) is 12.7 Å². The fourth-order valence-electron chi connectivity index (χ4n) is 4.46. The number of hydrogen-bond donors (Lipinski definition) is 2. The predicted octanol–water partition coefficient (Wildman–Crippen LogP) is 5.66. The Balaban J connectivity index is 1.42. The maximum Gasteiger partial charge on any atom is 0.253 e. The van der Waals surface area contributed by atoms with E-state index in [0.29, 0.717) is 41.2 Å². The maximum absolute atomic E-state index is 13.2. The summed E-state index contributed by atoms with van der Waals surface area (Å²) in [5.41, 5.74) is 2.21. The summed E-state index contributed by atoms with van der Waals surface area (Å²) < 4.78 is 27.6. The molecule has 2 amide bonds. The summed E-state index contributed by atoms with van der Waals surface area (Å²) in [6, 6.07) is 20.9. The first-order valence-corrected chi connectivity index (χ1v) is 14.7. The topological polar surface area (TPSA) is 95.6 Å². The quantitative estimate of drug-likeness (QED) is 0.363. The number of hydrogen-bond acceptors (Lipinski definition) is 4. The summed E-state index contributed by atoms with van der Waals surface area (Å²) in [4.78, 5) is 26.2. The summed E-state index contributed by atoms with van der Waals surface area (Å²) in [6.07, 6.45) is 1.10. The highest BCUT2D eigenvalue weighted by atomic mass is 35.5. The molecule has 3 aromatic rings. The third-order valence-corrected chi connectivity index (χ3v) is 9.11. The summed E-state index contributed by atoms with van der Waals surface area (Å²) in [5.74, 6) is -1.42. The highest BCUT2D eigenvalue weighted by Gasteiger charge is 2.33. The molecule has 38 heavy (non-hydrogen) atoms. The zero-order valence-electron chi connectivity index (χ0n) is 20.9. The fraction of sp³-hybridized carbons (Fsp3) is 0.286. The number of carbonyl (C=O) groups is 2. The van der Waals surface area contributed by atoms with Crippen molar-refractivity contribution in [3.8, 4) is 0 Å². The molecule has 7 nitrogen and oxygen atoms in total. The normalized spacial score (nSPS) is 17.0. The van der Waals surface area contributed by atoms with Gasteiger partial charge in [-0.2, -0.15) is 0 Å². The number of anilines is 1. The molecule has 1 aliphatic heterocycles. The van der Waals surface area contributed by atoms with Crippen molar-refractivity contribution in [2.45, 2.75) is 31.6 Å². The molecule has 0 aliphatic carbocycles. The highest BCUT2D eigenvalue weighted by molar-refractivity contribution is 7.88. The first-order valence-electron chi connectivity index (χ1n) is 12.3. The Hall–Kier alpha value is -2.91. The number of carbonyl (C=O) groups excluding carboxylic acids is 2. The largest absolute Gasteiger partial charge is 0.345 e. The molecule has 0 radical (unpaired) electrons. The summed E-state index contributed by atoms with van der Waals surface area (Å²) in [6.45, 7) is 2.29. The number of rotatable bonds is 8. The minimum atomic E-state index is -3.68. The number of nitrogens with one attached hydrogen (secondary N) is 2. The zero-order valence-corrected chi connectivity index (χ0v) is 23.2. The molecule has 4 rings (SSSR count). The maximum atomic E-state index is 13.2. The first-order chi connectivity index (χ1) is 18.1. The average molecular weight is 575 g/mol. The SMILES string of the molecule is CC(NC(=O)c1ccccc1NC(=O)C1CCCN(S(=O)(=O)Cc2ccc(Cl)c(Cl)c2)C1)c1ccccc1. The molecule has 1 aliphatic rings. The van der Waals surface area contributed by atoms with E-state index in [1.165, 1.54) is 10.4 Å². The number of piperidine rings is 1. The van der Waals surface area contributed by atoms with E-state index in [1.807, 2.05) is 37.3 Å². The van der Waals surface area contributed by atoms with Crippen LogP contribution in [0.1, 0.15) is 47.3 Å². The lowest BCUT2D eigenvalue weighted by Gasteiger charge is -2.31. The molecule has 0 saturated carbocycles. The van der Waals surface area contributed by atoms with Gasteiger partial charge in [0.05, 0.1) is 39.0 Å². The minimum absolute atomic E-state index is 0.0644. The smallest absolute Gasteiger partial charge is 0.253 e. The zero-order chi connectivity index (χ0) is 27.3. The van der Waals surface area contributed by atoms with Crippen LogP contribution in [0.25, 0.3) is 0 Å². The molecule has 2 atom stereocenters. The first kappa shape index (κ1) is 28.1. The van der Waals surface area contributed by atoms with Gasteiger partial charge in [0.1, 0.15) is 0 Å². The third kappa shape index (κ3) is 6.94. The molecule has 0 bridgehead atoms. The van der Waals surface area contributed by atoms with Gasteiger partial charge in [-0.3, -0.25) is 9.59 Å². The molecular formula is C28H29Cl2N3O4S. The molecule has 1 heterocycles. The van der Waals surface area contributed by atoms with Crippen molar-refractivity contribution in [2.24, 2.45) is 5.92 Å². The summed E-state index contributed by atoms with van der Waals surface area (Å²) in [7, 11) is -3.68. The van der Waals surface area contributed by atoms with Gasteiger partial charge >= 0.3 is 0 Å². The Morgan fingerprint density at radius 2 is 1.71 bits per heavy atom. The van der Waals surface area contributed by atoms with Gasteiger partial charge in [-0.1, -0.05) is 71.7 Å². The fourth-order valence-corrected chi connectivity index (χ4v) is 6.38. The molecule has 0 aromatic heterocycles. The third-order valence-electron chi connectivity index (χ3n) is 6.56. The van der Waals surface area contributed by atoms with Gasteiger partial charge in [0.2, 0.25) is 15.9 Å². The molecule has 10 heteroatoms. The lowest BCUT2D eigenvalue weighted by atomic mass is 9.98. The second kappa shape index (κ2) is 12.3. The molecule has 2 N–H and O–H groups in total. The summed E-state index contributed by atoms with van der Waals surface area (Å²) in [5, 5.41) is 6.46. The van der Waals surface area contributed by atoms with Crippen LogP contribution in [0.4, 0.5) is 5.69 Å². The lowest BCUT2D eigenvalue weighted by Crippen LogP contribution is -2.44. The van der Waals surface area contributed by atoms with Gasteiger partial charge in [-0.05, 0) is 55.2 Å². The van der Waals surface area contributed by atoms with Crippen molar-refractivity contribution in [1.29, 1.82) is 0 Å². The van der Waals surface area contributed by atoms with Gasteiger partial charge in [0.15, 0.2) is 0 Å². The van der Waals surface area contributed by atoms with Gasteiger partial charge in [-0.15, -0.1) is 0 Å². The molecule has 200 valence electrons. The monoisotopic (exact) mass is 573 g/mol. The van der Waals surface area contributed by atoms with Crippen LogP contribution in [0.15, 0.2) is 72.8 Å². The van der Waals surface area contributed by atoms with Crippen molar-refractivity contribution in [3.05, 3.63) is 99.5 Å². The Morgan fingerprint density at radius 1 is 1.00 bits per heavy atom. The molecule has 0 spiro atoms. The van der Waals surface area contributed by atoms with Gasteiger partial charge in [0, 0.05) is 13.1 Å².